The maximum absolute atomic E-state index is 12.6. The predicted octanol–water partition coefficient (Wildman–Crippen LogP) is 3.10. The molecule has 2 unspecified atom stereocenters. The second-order valence-electron chi connectivity index (χ2n) is 4.38. The number of hydrogen-bond donors (Lipinski definition) is 0. The summed E-state index contributed by atoms with van der Waals surface area (Å²) >= 11 is 0. The van der Waals surface area contributed by atoms with Gasteiger partial charge in [0.25, 0.3) is 0 Å². The van der Waals surface area contributed by atoms with E-state index >= 15 is 0 Å². The first kappa shape index (κ1) is 9.98. The van der Waals surface area contributed by atoms with Gasteiger partial charge >= 0.3 is 0 Å². The third kappa shape index (κ3) is 1.93. The summed E-state index contributed by atoms with van der Waals surface area (Å²) in [5, 5.41) is 1.09. The highest BCUT2D eigenvalue weighted by atomic mass is 31.2. The van der Waals surface area contributed by atoms with Crippen molar-refractivity contribution >= 4 is 12.4 Å². The van der Waals surface area contributed by atoms with Crippen LogP contribution in [0, 0.1) is 5.92 Å². The van der Waals surface area contributed by atoms with Crippen LogP contribution in [0.25, 0.3) is 0 Å². The van der Waals surface area contributed by atoms with Gasteiger partial charge < -0.3 is 4.57 Å². The van der Waals surface area contributed by atoms with Gasteiger partial charge in [0.05, 0.1) is 0 Å². The van der Waals surface area contributed by atoms with E-state index in [4.69, 9.17) is 0 Å². The highest BCUT2D eigenvalue weighted by Gasteiger charge is 2.30. The average Bonchev–Trinajstić information content (AvgIpc) is 2.19. The first-order chi connectivity index (χ1) is 6.71. The fourth-order valence-electron chi connectivity index (χ4n) is 2.32. The Hall–Kier alpha value is -0.550. The molecule has 2 atom stereocenters. The van der Waals surface area contributed by atoms with Crippen LogP contribution in [-0.4, -0.2) is 12.3 Å². The van der Waals surface area contributed by atoms with Gasteiger partial charge in [-0.1, -0.05) is 37.3 Å². The largest absolute Gasteiger partial charge is 0.319 e. The zero-order valence-electron chi connectivity index (χ0n) is 8.65. The molecule has 0 amide bonds. The topological polar surface area (TPSA) is 17.1 Å². The van der Waals surface area contributed by atoms with E-state index in [1.54, 1.807) is 0 Å². The predicted molar refractivity (Wildman–Crippen MR) is 61.8 cm³/mol. The van der Waals surface area contributed by atoms with Crippen LogP contribution in [0.2, 0.25) is 0 Å². The normalized spacial score (nSPS) is 32.8. The Morgan fingerprint density at radius 2 is 2.00 bits per heavy atom. The molecule has 0 N–H and O–H groups in total. The first-order valence-electron chi connectivity index (χ1n) is 5.34. The minimum atomic E-state index is -2.02. The molecule has 1 aromatic rings. The zero-order valence-corrected chi connectivity index (χ0v) is 9.54. The second-order valence-corrected chi connectivity index (χ2v) is 7.49. The summed E-state index contributed by atoms with van der Waals surface area (Å²) < 4.78 is 12.6. The third-order valence-corrected chi connectivity index (χ3v) is 6.54. The van der Waals surface area contributed by atoms with Crippen molar-refractivity contribution < 1.29 is 4.57 Å². The van der Waals surface area contributed by atoms with E-state index in [1.165, 1.54) is 6.42 Å². The standard InChI is InChI=1S/C12H17OP/c1-11-6-5-9-14(13,10-11)12-7-3-2-4-8-12/h2-4,7-8,11H,5-6,9-10H2,1H3. The molecule has 1 aromatic carbocycles. The number of hydrogen-bond acceptors (Lipinski definition) is 1. The van der Waals surface area contributed by atoms with Gasteiger partial charge in [-0.3, -0.25) is 0 Å². The Bertz CT molecular complexity index is 345. The van der Waals surface area contributed by atoms with Gasteiger partial charge in [0.15, 0.2) is 0 Å². The Morgan fingerprint density at radius 3 is 2.64 bits per heavy atom. The summed E-state index contributed by atoms with van der Waals surface area (Å²) in [6.45, 7) is 2.22. The minimum absolute atomic E-state index is 0.634. The lowest BCUT2D eigenvalue weighted by molar-refractivity contribution is 0.518. The third-order valence-electron chi connectivity index (χ3n) is 3.05. The van der Waals surface area contributed by atoms with Gasteiger partial charge in [-0.25, -0.2) is 0 Å². The van der Waals surface area contributed by atoms with E-state index in [9.17, 15) is 4.57 Å². The van der Waals surface area contributed by atoms with Crippen LogP contribution in [-0.2, 0) is 4.57 Å². The van der Waals surface area contributed by atoms with Gasteiger partial charge in [-0.15, -0.1) is 0 Å². The van der Waals surface area contributed by atoms with Crippen molar-refractivity contribution in [3.05, 3.63) is 30.3 Å². The molecule has 0 aromatic heterocycles. The summed E-state index contributed by atoms with van der Waals surface area (Å²) in [7, 11) is -2.02. The lowest BCUT2D eigenvalue weighted by atomic mass is 10.1. The van der Waals surface area contributed by atoms with Crippen molar-refractivity contribution in [2.75, 3.05) is 12.3 Å². The molecule has 0 saturated carbocycles. The fraction of sp³-hybridized carbons (Fsp3) is 0.500. The summed E-state index contributed by atoms with van der Waals surface area (Å²) in [5.74, 6) is 0.634. The Balaban J connectivity index is 2.28. The van der Waals surface area contributed by atoms with Crippen LogP contribution in [0.15, 0.2) is 30.3 Å². The second kappa shape index (κ2) is 3.90. The van der Waals surface area contributed by atoms with Crippen molar-refractivity contribution in [3.63, 3.8) is 0 Å². The molecular formula is C12H17OP. The van der Waals surface area contributed by atoms with Gasteiger partial charge in [-0.2, -0.15) is 0 Å². The van der Waals surface area contributed by atoms with E-state index < -0.39 is 7.14 Å². The first-order valence-corrected chi connectivity index (χ1v) is 7.42. The summed E-state index contributed by atoms with van der Waals surface area (Å²) in [6, 6.07) is 10.0. The fourth-order valence-corrected chi connectivity index (χ4v) is 5.57. The van der Waals surface area contributed by atoms with Crippen molar-refractivity contribution in [1.82, 2.24) is 0 Å². The van der Waals surface area contributed by atoms with Crippen molar-refractivity contribution in [1.29, 1.82) is 0 Å². The molecule has 2 rings (SSSR count). The van der Waals surface area contributed by atoms with E-state index in [-0.39, 0.29) is 0 Å². The maximum Gasteiger partial charge on any atom is 0.115 e. The molecule has 1 nitrogen and oxygen atoms in total. The molecule has 0 spiro atoms. The molecule has 1 fully saturated rings. The summed E-state index contributed by atoms with van der Waals surface area (Å²) in [4.78, 5) is 0. The Kier molecular flexibility index (Phi) is 2.78. The SMILES string of the molecule is CC1CCCP(=O)(c2ccccc2)C1. The molecule has 14 heavy (non-hydrogen) atoms. The van der Waals surface area contributed by atoms with Crippen LogP contribution >= 0.6 is 7.14 Å². The van der Waals surface area contributed by atoms with Gasteiger partial charge in [0, 0.05) is 17.6 Å². The zero-order chi connectivity index (χ0) is 10.0. The Labute approximate surface area is 85.9 Å². The van der Waals surface area contributed by atoms with E-state index in [0.29, 0.717) is 5.92 Å². The maximum atomic E-state index is 12.6. The summed E-state index contributed by atoms with van der Waals surface area (Å²) in [6.07, 6.45) is 4.21. The molecule has 0 radical (unpaired) electrons. The molecule has 1 aliphatic rings. The number of benzene rings is 1. The van der Waals surface area contributed by atoms with Gasteiger partial charge in [0.1, 0.15) is 7.14 Å². The quantitative estimate of drug-likeness (QED) is 0.648. The molecule has 0 aliphatic carbocycles. The van der Waals surface area contributed by atoms with E-state index in [1.807, 2.05) is 30.3 Å². The molecule has 1 aliphatic heterocycles. The molecule has 76 valence electrons. The highest BCUT2D eigenvalue weighted by molar-refractivity contribution is 7.71. The number of rotatable bonds is 1. The van der Waals surface area contributed by atoms with Crippen LogP contribution < -0.4 is 5.30 Å². The molecule has 0 bridgehead atoms. The summed E-state index contributed by atoms with van der Waals surface area (Å²) in [5.41, 5.74) is 0. The lowest BCUT2D eigenvalue weighted by Crippen LogP contribution is -2.19. The van der Waals surface area contributed by atoms with E-state index in [2.05, 4.69) is 6.92 Å². The lowest BCUT2D eigenvalue weighted by Gasteiger charge is -2.27. The smallest absolute Gasteiger partial charge is 0.115 e. The minimum Gasteiger partial charge on any atom is -0.319 e. The van der Waals surface area contributed by atoms with Crippen molar-refractivity contribution in [2.24, 2.45) is 5.92 Å². The van der Waals surface area contributed by atoms with Crippen LogP contribution in [0.3, 0.4) is 0 Å². The van der Waals surface area contributed by atoms with Crippen LogP contribution in [0.4, 0.5) is 0 Å². The van der Waals surface area contributed by atoms with Gasteiger partial charge in [0.2, 0.25) is 0 Å². The molecule has 1 heterocycles. The highest BCUT2D eigenvalue weighted by Crippen LogP contribution is 2.50. The Morgan fingerprint density at radius 1 is 1.29 bits per heavy atom. The average molecular weight is 208 g/mol. The van der Waals surface area contributed by atoms with Crippen molar-refractivity contribution in [2.45, 2.75) is 19.8 Å². The van der Waals surface area contributed by atoms with E-state index in [0.717, 1.165) is 24.0 Å². The van der Waals surface area contributed by atoms with Crippen LogP contribution in [0.5, 0.6) is 0 Å². The van der Waals surface area contributed by atoms with Crippen LogP contribution in [0.1, 0.15) is 19.8 Å². The molecular weight excluding hydrogens is 191 g/mol. The monoisotopic (exact) mass is 208 g/mol. The molecule has 1 saturated heterocycles. The molecule has 2 heteroatoms. The van der Waals surface area contributed by atoms with Crippen molar-refractivity contribution in [3.8, 4) is 0 Å². The van der Waals surface area contributed by atoms with Gasteiger partial charge in [-0.05, 0) is 18.8 Å².